The predicted octanol–water partition coefficient (Wildman–Crippen LogP) is 4.00. The fourth-order valence-electron chi connectivity index (χ4n) is 3.24. The van der Waals surface area contributed by atoms with E-state index in [1.165, 1.54) is 0 Å². The molecule has 0 amide bonds. The zero-order valence-electron chi connectivity index (χ0n) is 13.9. The molecule has 1 N–H and O–H groups in total. The first-order valence-electron chi connectivity index (χ1n) is 7.92. The van der Waals surface area contributed by atoms with Gasteiger partial charge >= 0.3 is 0 Å². The lowest BCUT2D eigenvalue weighted by atomic mass is 10.0. The summed E-state index contributed by atoms with van der Waals surface area (Å²) in [5.74, 6) is 3.19. The Kier molecular flexibility index (Phi) is 4.29. The van der Waals surface area contributed by atoms with Crippen LogP contribution in [-0.2, 0) is 6.42 Å². The summed E-state index contributed by atoms with van der Waals surface area (Å²) in [5, 5.41) is 3.45. The van der Waals surface area contributed by atoms with Gasteiger partial charge in [-0.1, -0.05) is 41.5 Å². The summed E-state index contributed by atoms with van der Waals surface area (Å²) < 4.78 is 5.97. The molecule has 1 aliphatic carbocycles. The summed E-state index contributed by atoms with van der Waals surface area (Å²) in [7, 11) is 0. The molecule has 0 atom stereocenters. The monoisotopic (exact) mass is 278 g/mol. The SMILES string of the molecule is CC(C)CNCCCc1ncc(C2C(C)(C)C2(C)C)o1. The maximum absolute atomic E-state index is 5.97. The molecule has 0 radical (unpaired) electrons. The zero-order valence-corrected chi connectivity index (χ0v) is 13.9. The number of hydrogen-bond acceptors (Lipinski definition) is 3. The molecular formula is C17H30N2O. The van der Waals surface area contributed by atoms with Gasteiger partial charge in [0.1, 0.15) is 5.76 Å². The summed E-state index contributed by atoms with van der Waals surface area (Å²) in [6, 6.07) is 0. The van der Waals surface area contributed by atoms with Gasteiger partial charge in [-0.05, 0) is 36.3 Å². The third kappa shape index (κ3) is 2.93. The highest BCUT2D eigenvalue weighted by molar-refractivity contribution is 5.27. The van der Waals surface area contributed by atoms with E-state index < -0.39 is 0 Å². The van der Waals surface area contributed by atoms with Crippen LogP contribution in [0.4, 0.5) is 0 Å². The Labute approximate surface area is 123 Å². The molecule has 2 rings (SSSR count). The first-order chi connectivity index (χ1) is 9.26. The summed E-state index contributed by atoms with van der Waals surface area (Å²) in [5.41, 5.74) is 0.644. The van der Waals surface area contributed by atoms with E-state index in [1.54, 1.807) is 0 Å². The average molecular weight is 278 g/mol. The van der Waals surface area contributed by atoms with Crippen LogP contribution in [0.2, 0.25) is 0 Å². The van der Waals surface area contributed by atoms with Crippen LogP contribution in [0.25, 0.3) is 0 Å². The van der Waals surface area contributed by atoms with Crippen molar-refractivity contribution in [3.8, 4) is 0 Å². The molecule has 0 unspecified atom stereocenters. The fourth-order valence-corrected chi connectivity index (χ4v) is 3.24. The Balaban J connectivity index is 1.79. The fraction of sp³-hybridized carbons (Fsp3) is 0.824. The summed E-state index contributed by atoms with van der Waals surface area (Å²) in [6.45, 7) is 15.8. The number of oxazole rings is 1. The minimum Gasteiger partial charge on any atom is -0.445 e. The van der Waals surface area contributed by atoms with E-state index in [1.807, 2.05) is 6.20 Å². The average Bonchev–Trinajstić information content (AvgIpc) is 2.67. The standard InChI is InChI=1S/C17H30N2O/c1-12(2)10-18-9-7-8-14-19-11-13(20-14)15-16(3,4)17(15,5)6/h11-12,15,18H,7-10H2,1-6H3. The summed E-state index contributed by atoms with van der Waals surface area (Å²) in [4.78, 5) is 4.45. The van der Waals surface area contributed by atoms with Crippen molar-refractivity contribution in [3.05, 3.63) is 17.8 Å². The zero-order chi connectivity index (χ0) is 15.0. The first kappa shape index (κ1) is 15.6. The molecule has 1 saturated carbocycles. The smallest absolute Gasteiger partial charge is 0.194 e. The van der Waals surface area contributed by atoms with Crippen LogP contribution in [0.1, 0.15) is 65.5 Å². The van der Waals surface area contributed by atoms with Crippen LogP contribution < -0.4 is 5.32 Å². The molecule has 114 valence electrons. The van der Waals surface area contributed by atoms with E-state index in [9.17, 15) is 0 Å². The third-order valence-corrected chi connectivity index (χ3v) is 5.17. The molecule has 20 heavy (non-hydrogen) atoms. The molecule has 1 aromatic rings. The molecule has 1 fully saturated rings. The van der Waals surface area contributed by atoms with Crippen LogP contribution >= 0.6 is 0 Å². The van der Waals surface area contributed by atoms with Gasteiger partial charge in [0.25, 0.3) is 0 Å². The lowest BCUT2D eigenvalue weighted by Crippen LogP contribution is -2.21. The van der Waals surface area contributed by atoms with Gasteiger partial charge in [0.2, 0.25) is 0 Å². The maximum Gasteiger partial charge on any atom is 0.194 e. The number of nitrogens with one attached hydrogen (secondary N) is 1. The van der Waals surface area contributed by atoms with Gasteiger partial charge in [-0.2, -0.15) is 0 Å². The molecule has 1 aromatic heterocycles. The Bertz CT molecular complexity index is 432. The van der Waals surface area contributed by atoms with Gasteiger partial charge in [-0.3, -0.25) is 0 Å². The molecule has 1 heterocycles. The largest absolute Gasteiger partial charge is 0.445 e. The Hall–Kier alpha value is -0.830. The second-order valence-electron chi connectivity index (χ2n) is 7.73. The predicted molar refractivity (Wildman–Crippen MR) is 82.8 cm³/mol. The van der Waals surface area contributed by atoms with Gasteiger partial charge in [-0.15, -0.1) is 0 Å². The molecule has 0 aliphatic heterocycles. The highest BCUT2D eigenvalue weighted by Gasteiger charge is 2.66. The van der Waals surface area contributed by atoms with Crippen LogP contribution in [0, 0.1) is 16.7 Å². The highest BCUT2D eigenvalue weighted by atomic mass is 16.4. The number of rotatable bonds is 7. The number of aryl methyl sites for hydroxylation is 1. The van der Waals surface area contributed by atoms with Crippen molar-refractivity contribution in [2.24, 2.45) is 16.7 Å². The van der Waals surface area contributed by atoms with Crippen molar-refractivity contribution in [1.29, 1.82) is 0 Å². The van der Waals surface area contributed by atoms with Crippen LogP contribution in [-0.4, -0.2) is 18.1 Å². The number of nitrogens with zero attached hydrogens (tertiary/aromatic N) is 1. The lowest BCUT2D eigenvalue weighted by molar-refractivity contribution is 0.429. The Morgan fingerprint density at radius 3 is 2.45 bits per heavy atom. The molecule has 0 aromatic carbocycles. The second-order valence-corrected chi connectivity index (χ2v) is 7.73. The molecular weight excluding hydrogens is 248 g/mol. The molecule has 0 bridgehead atoms. The number of aromatic nitrogens is 1. The van der Waals surface area contributed by atoms with Crippen LogP contribution in [0.3, 0.4) is 0 Å². The number of hydrogen-bond donors (Lipinski definition) is 1. The van der Waals surface area contributed by atoms with Crippen molar-refractivity contribution in [2.45, 2.75) is 60.3 Å². The molecule has 3 heteroatoms. The topological polar surface area (TPSA) is 38.1 Å². The van der Waals surface area contributed by atoms with Crippen LogP contribution in [0.5, 0.6) is 0 Å². The van der Waals surface area contributed by atoms with Gasteiger partial charge in [0, 0.05) is 12.3 Å². The van der Waals surface area contributed by atoms with E-state index >= 15 is 0 Å². The third-order valence-electron chi connectivity index (χ3n) is 5.17. The van der Waals surface area contributed by atoms with E-state index in [4.69, 9.17) is 4.42 Å². The Morgan fingerprint density at radius 1 is 1.25 bits per heavy atom. The molecule has 0 saturated heterocycles. The highest BCUT2D eigenvalue weighted by Crippen LogP contribution is 2.73. The van der Waals surface area contributed by atoms with Crippen molar-refractivity contribution >= 4 is 0 Å². The van der Waals surface area contributed by atoms with Gasteiger partial charge in [0.15, 0.2) is 5.89 Å². The van der Waals surface area contributed by atoms with Crippen molar-refractivity contribution < 1.29 is 4.42 Å². The minimum absolute atomic E-state index is 0.322. The van der Waals surface area contributed by atoms with Crippen LogP contribution in [0.15, 0.2) is 10.6 Å². The van der Waals surface area contributed by atoms with Crippen molar-refractivity contribution in [2.75, 3.05) is 13.1 Å². The second kappa shape index (κ2) is 5.51. The van der Waals surface area contributed by atoms with Crippen molar-refractivity contribution in [1.82, 2.24) is 10.3 Å². The van der Waals surface area contributed by atoms with Gasteiger partial charge < -0.3 is 9.73 Å². The van der Waals surface area contributed by atoms with Crippen molar-refractivity contribution in [3.63, 3.8) is 0 Å². The minimum atomic E-state index is 0.322. The van der Waals surface area contributed by atoms with E-state index in [0.717, 1.165) is 37.6 Å². The summed E-state index contributed by atoms with van der Waals surface area (Å²) >= 11 is 0. The quantitative estimate of drug-likeness (QED) is 0.766. The molecule has 1 aliphatic rings. The summed E-state index contributed by atoms with van der Waals surface area (Å²) in [6.07, 6.45) is 3.96. The van der Waals surface area contributed by atoms with E-state index in [0.29, 0.717) is 22.7 Å². The molecule has 3 nitrogen and oxygen atoms in total. The van der Waals surface area contributed by atoms with Gasteiger partial charge in [0.05, 0.1) is 6.20 Å². The maximum atomic E-state index is 5.97. The normalized spacial score (nSPS) is 20.6. The van der Waals surface area contributed by atoms with E-state index in [2.05, 4.69) is 51.8 Å². The molecule has 0 spiro atoms. The van der Waals surface area contributed by atoms with E-state index in [-0.39, 0.29) is 0 Å². The van der Waals surface area contributed by atoms with Gasteiger partial charge in [-0.25, -0.2) is 4.98 Å². The first-order valence-corrected chi connectivity index (χ1v) is 7.92. The Morgan fingerprint density at radius 2 is 1.90 bits per heavy atom. The lowest BCUT2D eigenvalue weighted by Gasteiger charge is -2.05.